The van der Waals surface area contributed by atoms with Gasteiger partial charge in [-0.25, -0.2) is 4.79 Å². The van der Waals surface area contributed by atoms with Gasteiger partial charge in [0.1, 0.15) is 11.3 Å². The zero-order valence-corrected chi connectivity index (χ0v) is 18.4. The molecule has 0 fully saturated rings. The highest BCUT2D eigenvalue weighted by Gasteiger charge is 2.21. The van der Waals surface area contributed by atoms with Gasteiger partial charge < -0.3 is 9.88 Å². The van der Waals surface area contributed by atoms with E-state index in [4.69, 9.17) is 0 Å². The lowest BCUT2D eigenvalue weighted by Crippen LogP contribution is -2.37. The van der Waals surface area contributed by atoms with E-state index in [9.17, 15) is 14.4 Å². The van der Waals surface area contributed by atoms with Gasteiger partial charge in [-0.2, -0.15) is 0 Å². The van der Waals surface area contributed by atoms with Crippen molar-refractivity contribution in [3.8, 4) is 10.6 Å². The summed E-state index contributed by atoms with van der Waals surface area (Å²) in [5, 5.41) is 5.29. The minimum absolute atomic E-state index is 0.296. The molecule has 0 aliphatic carbocycles. The molecule has 1 N–H and O–H groups in total. The third kappa shape index (κ3) is 3.61. The van der Waals surface area contributed by atoms with Gasteiger partial charge in [-0.3, -0.25) is 23.7 Å². The van der Waals surface area contributed by atoms with Gasteiger partial charge in [0.2, 0.25) is 0 Å². The molecule has 160 valence electrons. The summed E-state index contributed by atoms with van der Waals surface area (Å²) in [6.45, 7) is 2.79. The molecule has 4 rings (SSSR count). The molecule has 0 saturated carbocycles. The Balaban J connectivity index is 1.72. The summed E-state index contributed by atoms with van der Waals surface area (Å²) in [5.41, 5.74) is 1.73. The Bertz CT molecular complexity index is 1380. The molecule has 0 aromatic carbocycles. The number of hydrogen-bond acceptors (Lipinski definition) is 5. The Morgan fingerprint density at radius 3 is 2.68 bits per heavy atom. The Morgan fingerprint density at radius 2 is 1.97 bits per heavy atom. The quantitative estimate of drug-likeness (QED) is 0.502. The first-order chi connectivity index (χ1) is 14.9. The zero-order valence-electron chi connectivity index (χ0n) is 17.6. The largest absolute Gasteiger partial charge is 0.347 e. The minimum Gasteiger partial charge on any atom is -0.347 e. The number of thiophene rings is 1. The van der Waals surface area contributed by atoms with Crippen molar-refractivity contribution in [3.05, 3.63) is 74.0 Å². The van der Waals surface area contributed by atoms with Crippen molar-refractivity contribution in [3.63, 3.8) is 0 Å². The van der Waals surface area contributed by atoms with Gasteiger partial charge in [0.05, 0.1) is 16.0 Å². The molecule has 4 aromatic rings. The third-order valence-corrected chi connectivity index (χ3v) is 6.14. The standard InChI is InChI=1S/C22H23N5O3S/c1-4-10-27-16(12-15-20(27)25(2)22(30)26(3)21(15)29)19(28)24-13-14-7-5-9-23-18(14)17-8-6-11-31-17/h5-9,11-12H,4,10,13H2,1-3H3,(H,24,28). The van der Waals surface area contributed by atoms with E-state index >= 15 is 0 Å². The SMILES string of the molecule is CCCn1c(C(=O)NCc2cccnc2-c2cccs2)cc2c(=O)n(C)c(=O)n(C)c21. The van der Waals surface area contributed by atoms with Crippen molar-refractivity contribution in [1.82, 2.24) is 24.0 Å². The molecule has 8 nitrogen and oxygen atoms in total. The van der Waals surface area contributed by atoms with Crippen LogP contribution in [0.3, 0.4) is 0 Å². The van der Waals surface area contributed by atoms with Crippen LogP contribution in [0.25, 0.3) is 21.6 Å². The molecular formula is C22H23N5O3S. The van der Waals surface area contributed by atoms with E-state index in [1.807, 2.05) is 36.6 Å². The molecule has 0 saturated heterocycles. The Labute approximate surface area is 182 Å². The summed E-state index contributed by atoms with van der Waals surface area (Å²) in [6, 6.07) is 9.31. The smallest absolute Gasteiger partial charge is 0.332 e. The molecule has 1 amide bonds. The normalized spacial score (nSPS) is 11.2. The summed E-state index contributed by atoms with van der Waals surface area (Å²) < 4.78 is 4.22. The van der Waals surface area contributed by atoms with E-state index in [1.165, 1.54) is 11.6 Å². The lowest BCUT2D eigenvalue weighted by atomic mass is 10.1. The van der Waals surface area contributed by atoms with Crippen LogP contribution in [0.2, 0.25) is 0 Å². The number of fused-ring (bicyclic) bond motifs is 1. The number of carbonyl (C=O) groups excluding carboxylic acids is 1. The van der Waals surface area contributed by atoms with E-state index in [0.29, 0.717) is 29.8 Å². The number of pyridine rings is 1. The first kappa shape index (κ1) is 20.8. The predicted octanol–water partition coefficient (Wildman–Crippen LogP) is 2.50. The van der Waals surface area contributed by atoms with Crippen molar-refractivity contribution in [2.24, 2.45) is 14.1 Å². The topological polar surface area (TPSA) is 90.9 Å². The van der Waals surface area contributed by atoms with E-state index in [1.54, 1.807) is 35.2 Å². The molecular weight excluding hydrogens is 414 g/mol. The molecule has 0 radical (unpaired) electrons. The predicted molar refractivity (Wildman–Crippen MR) is 121 cm³/mol. The minimum atomic E-state index is -0.420. The highest BCUT2D eigenvalue weighted by atomic mass is 32.1. The second kappa shape index (κ2) is 8.35. The van der Waals surface area contributed by atoms with Crippen LogP contribution in [-0.2, 0) is 27.2 Å². The van der Waals surface area contributed by atoms with Crippen molar-refractivity contribution >= 4 is 28.3 Å². The fraction of sp³-hybridized carbons (Fsp3) is 0.273. The number of aromatic nitrogens is 4. The molecule has 0 unspecified atom stereocenters. The average molecular weight is 438 g/mol. The zero-order chi connectivity index (χ0) is 22.1. The van der Waals surface area contributed by atoms with Crippen molar-refractivity contribution in [1.29, 1.82) is 0 Å². The summed E-state index contributed by atoms with van der Waals surface area (Å²) in [5.74, 6) is -0.305. The van der Waals surface area contributed by atoms with E-state index in [2.05, 4.69) is 10.3 Å². The molecule has 4 heterocycles. The highest BCUT2D eigenvalue weighted by Crippen LogP contribution is 2.26. The fourth-order valence-electron chi connectivity index (χ4n) is 3.76. The van der Waals surface area contributed by atoms with E-state index in [-0.39, 0.29) is 5.91 Å². The first-order valence-electron chi connectivity index (χ1n) is 9.99. The Kier molecular flexibility index (Phi) is 5.60. The van der Waals surface area contributed by atoms with Crippen LogP contribution in [-0.4, -0.2) is 24.6 Å². The average Bonchev–Trinajstić information content (AvgIpc) is 3.44. The highest BCUT2D eigenvalue weighted by molar-refractivity contribution is 7.13. The number of nitrogens with zero attached hydrogens (tertiary/aromatic N) is 4. The van der Waals surface area contributed by atoms with Gasteiger partial charge in [-0.15, -0.1) is 11.3 Å². The summed E-state index contributed by atoms with van der Waals surface area (Å²) >= 11 is 1.59. The van der Waals surface area contributed by atoms with Crippen molar-refractivity contribution in [2.75, 3.05) is 0 Å². The monoisotopic (exact) mass is 437 g/mol. The summed E-state index contributed by atoms with van der Waals surface area (Å²) in [6.07, 6.45) is 2.48. The fourth-order valence-corrected chi connectivity index (χ4v) is 4.52. The van der Waals surface area contributed by atoms with Crippen molar-refractivity contribution < 1.29 is 4.79 Å². The van der Waals surface area contributed by atoms with Gasteiger partial charge in [0, 0.05) is 33.4 Å². The molecule has 31 heavy (non-hydrogen) atoms. The molecule has 0 spiro atoms. The number of nitrogens with one attached hydrogen (secondary N) is 1. The molecule has 4 aromatic heterocycles. The maximum atomic E-state index is 13.1. The van der Waals surface area contributed by atoms with Gasteiger partial charge in [-0.05, 0) is 35.6 Å². The van der Waals surface area contributed by atoms with E-state index in [0.717, 1.165) is 27.1 Å². The number of hydrogen-bond donors (Lipinski definition) is 1. The van der Waals surface area contributed by atoms with Crippen LogP contribution < -0.4 is 16.6 Å². The second-order valence-electron chi connectivity index (χ2n) is 7.30. The maximum absolute atomic E-state index is 13.1. The third-order valence-electron chi connectivity index (χ3n) is 5.26. The van der Waals surface area contributed by atoms with E-state index < -0.39 is 11.2 Å². The van der Waals surface area contributed by atoms with Gasteiger partial charge >= 0.3 is 5.69 Å². The maximum Gasteiger partial charge on any atom is 0.332 e. The van der Waals surface area contributed by atoms with Crippen LogP contribution in [0.15, 0.2) is 51.5 Å². The summed E-state index contributed by atoms with van der Waals surface area (Å²) in [7, 11) is 3.05. The Hall–Kier alpha value is -3.46. The van der Waals surface area contributed by atoms with Gasteiger partial charge in [-0.1, -0.05) is 19.1 Å². The lowest BCUT2D eigenvalue weighted by molar-refractivity contribution is 0.0942. The molecule has 0 bridgehead atoms. The van der Waals surface area contributed by atoms with Gasteiger partial charge in [0.25, 0.3) is 11.5 Å². The molecule has 9 heteroatoms. The second-order valence-corrected chi connectivity index (χ2v) is 8.24. The summed E-state index contributed by atoms with van der Waals surface area (Å²) in [4.78, 5) is 43.7. The van der Waals surface area contributed by atoms with Crippen molar-refractivity contribution in [2.45, 2.75) is 26.4 Å². The molecule has 0 aliphatic heterocycles. The molecule has 0 aliphatic rings. The number of amides is 1. The molecule has 0 atom stereocenters. The number of carbonyl (C=O) groups is 1. The number of aryl methyl sites for hydroxylation is 2. The van der Waals surface area contributed by atoms with Crippen LogP contribution in [0, 0.1) is 0 Å². The van der Waals surface area contributed by atoms with Crippen LogP contribution >= 0.6 is 11.3 Å². The number of rotatable bonds is 6. The van der Waals surface area contributed by atoms with Crippen LogP contribution in [0.4, 0.5) is 0 Å². The first-order valence-corrected chi connectivity index (χ1v) is 10.9. The Morgan fingerprint density at radius 1 is 1.16 bits per heavy atom. The van der Waals surface area contributed by atoms with Crippen LogP contribution in [0.5, 0.6) is 0 Å². The van der Waals surface area contributed by atoms with Gasteiger partial charge in [0.15, 0.2) is 0 Å². The lowest BCUT2D eigenvalue weighted by Gasteiger charge is -2.13. The van der Waals surface area contributed by atoms with Crippen LogP contribution in [0.1, 0.15) is 29.4 Å².